The van der Waals surface area contributed by atoms with Gasteiger partial charge >= 0.3 is 5.97 Å². The number of rotatable bonds is 11. The van der Waals surface area contributed by atoms with E-state index in [0.717, 1.165) is 12.1 Å². The second-order valence-electron chi connectivity index (χ2n) is 8.48. The minimum Gasteiger partial charge on any atom is -0.479 e. The lowest BCUT2D eigenvalue weighted by molar-refractivity contribution is -0.151. The van der Waals surface area contributed by atoms with E-state index in [1.807, 2.05) is 0 Å². The van der Waals surface area contributed by atoms with Crippen molar-refractivity contribution in [3.63, 3.8) is 0 Å². The molecule has 0 aliphatic heterocycles. The molecule has 0 atom stereocenters. The second kappa shape index (κ2) is 11.9. The zero-order chi connectivity index (χ0) is 26.3. The van der Waals surface area contributed by atoms with Crippen LogP contribution in [0.3, 0.4) is 0 Å². The first-order valence-electron chi connectivity index (χ1n) is 10.9. The molecule has 3 N–H and O–H groups in total. The summed E-state index contributed by atoms with van der Waals surface area (Å²) >= 11 is 0. The number of halogens is 4. The first kappa shape index (κ1) is 27.0. The summed E-state index contributed by atoms with van der Waals surface area (Å²) in [6, 6.07) is 11.7. The van der Waals surface area contributed by atoms with E-state index in [0.29, 0.717) is 11.1 Å². The van der Waals surface area contributed by atoms with Gasteiger partial charge in [0.1, 0.15) is 29.7 Å². The Hall–Kier alpha value is -3.63. The molecule has 0 saturated carbocycles. The Bertz CT molecular complexity index is 1220. The van der Waals surface area contributed by atoms with Crippen molar-refractivity contribution in [3.8, 4) is 16.9 Å². The predicted molar refractivity (Wildman–Crippen MR) is 124 cm³/mol. The zero-order valence-corrected chi connectivity index (χ0v) is 19.4. The number of anilines is 1. The molecule has 0 saturated heterocycles. The highest BCUT2D eigenvalue weighted by Gasteiger charge is 2.25. The van der Waals surface area contributed by atoms with Gasteiger partial charge in [0.25, 0.3) is 0 Å². The maximum atomic E-state index is 14.9. The summed E-state index contributed by atoms with van der Waals surface area (Å²) in [5, 5.41) is 20.9. The quantitative estimate of drug-likeness (QED) is 0.263. The topological polar surface area (TPSA) is 88.0 Å². The van der Waals surface area contributed by atoms with Crippen LogP contribution in [0.4, 0.5) is 23.2 Å². The molecule has 192 valence electrons. The lowest BCUT2D eigenvalue weighted by Gasteiger charge is -2.23. The third-order valence-corrected chi connectivity index (χ3v) is 5.41. The van der Waals surface area contributed by atoms with Crippen molar-refractivity contribution in [2.24, 2.45) is 5.41 Å². The highest BCUT2D eigenvalue weighted by Crippen LogP contribution is 2.29. The van der Waals surface area contributed by atoms with Gasteiger partial charge in [-0.15, -0.1) is 0 Å². The summed E-state index contributed by atoms with van der Waals surface area (Å²) in [5.41, 5.74) is -0.530. The number of hydrogen-bond acceptors (Lipinski definition) is 6. The van der Waals surface area contributed by atoms with Crippen LogP contribution >= 0.6 is 0 Å². The fourth-order valence-electron chi connectivity index (χ4n) is 3.12. The largest absolute Gasteiger partial charge is 0.479 e. The first-order chi connectivity index (χ1) is 17.2. The summed E-state index contributed by atoms with van der Waals surface area (Å²) in [5.74, 6) is -4.53. The maximum absolute atomic E-state index is 14.9. The number of carbonyl (C=O) groups excluding carboxylic acids is 1. The molecular weight excluding hydrogens is 482 g/mol. The molecule has 0 bridgehead atoms. The van der Waals surface area contributed by atoms with Gasteiger partial charge in [-0.2, -0.15) is 0 Å². The van der Waals surface area contributed by atoms with Gasteiger partial charge in [0, 0.05) is 17.5 Å². The molecule has 3 rings (SSSR count). The Morgan fingerprint density at radius 2 is 1.64 bits per heavy atom. The van der Waals surface area contributed by atoms with Crippen molar-refractivity contribution in [1.82, 2.24) is 0 Å². The van der Waals surface area contributed by atoms with E-state index in [2.05, 4.69) is 5.32 Å². The Kier molecular flexibility index (Phi) is 8.89. The van der Waals surface area contributed by atoms with Crippen LogP contribution in [0.25, 0.3) is 11.1 Å². The van der Waals surface area contributed by atoms with Crippen molar-refractivity contribution in [3.05, 3.63) is 83.4 Å². The maximum Gasteiger partial charge on any atom is 0.344 e. The third kappa shape index (κ3) is 6.73. The average Bonchev–Trinajstić information content (AvgIpc) is 2.87. The van der Waals surface area contributed by atoms with Gasteiger partial charge in [-0.05, 0) is 47.5 Å². The Morgan fingerprint density at radius 1 is 0.944 bits per heavy atom. The summed E-state index contributed by atoms with van der Waals surface area (Å²) in [7, 11) is 0. The van der Waals surface area contributed by atoms with Crippen LogP contribution in [0.15, 0.2) is 54.6 Å². The van der Waals surface area contributed by atoms with Crippen LogP contribution in [0.2, 0.25) is 0 Å². The molecular formula is C26H25F4NO5. The molecule has 36 heavy (non-hydrogen) atoms. The van der Waals surface area contributed by atoms with E-state index in [1.165, 1.54) is 43.3 Å². The second-order valence-corrected chi connectivity index (χ2v) is 8.48. The zero-order valence-electron chi connectivity index (χ0n) is 19.4. The molecule has 0 fully saturated rings. The fraction of sp³-hybridized carbons (Fsp3) is 0.269. The summed E-state index contributed by atoms with van der Waals surface area (Å²) in [6.07, 6.45) is 0. The van der Waals surface area contributed by atoms with Crippen LogP contribution in [0.1, 0.15) is 12.5 Å². The lowest BCUT2D eigenvalue weighted by atomic mass is 9.95. The van der Waals surface area contributed by atoms with Crippen molar-refractivity contribution in [1.29, 1.82) is 0 Å². The third-order valence-electron chi connectivity index (χ3n) is 5.41. The number of nitrogens with one attached hydrogen (secondary N) is 1. The van der Waals surface area contributed by atoms with Crippen LogP contribution in [0.5, 0.6) is 5.75 Å². The minimum atomic E-state index is -1.14. The van der Waals surface area contributed by atoms with Gasteiger partial charge in [0.05, 0.1) is 13.2 Å². The van der Waals surface area contributed by atoms with Crippen LogP contribution in [-0.4, -0.2) is 42.6 Å². The number of ether oxygens (including phenoxy) is 2. The van der Waals surface area contributed by atoms with Crippen LogP contribution < -0.4 is 10.1 Å². The Labute approximate surface area is 205 Å². The van der Waals surface area contributed by atoms with Gasteiger partial charge in [-0.25, -0.2) is 22.4 Å². The molecule has 0 aliphatic rings. The van der Waals surface area contributed by atoms with E-state index in [1.54, 1.807) is 6.07 Å². The summed E-state index contributed by atoms with van der Waals surface area (Å²) < 4.78 is 67.1. The van der Waals surface area contributed by atoms with Gasteiger partial charge in [0.15, 0.2) is 18.2 Å². The first-order valence-corrected chi connectivity index (χ1v) is 10.9. The molecule has 0 amide bonds. The Balaban J connectivity index is 1.68. The van der Waals surface area contributed by atoms with Gasteiger partial charge in [-0.1, -0.05) is 25.1 Å². The molecule has 0 spiro atoms. The van der Waals surface area contributed by atoms with E-state index >= 15 is 0 Å². The monoisotopic (exact) mass is 507 g/mol. The lowest BCUT2D eigenvalue weighted by Crippen LogP contribution is -2.33. The van der Waals surface area contributed by atoms with Crippen LogP contribution in [0, 0.1) is 28.7 Å². The predicted octanol–water partition coefficient (Wildman–Crippen LogP) is 4.44. The van der Waals surface area contributed by atoms with Crippen molar-refractivity contribution < 1.29 is 42.0 Å². The van der Waals surface area contributed by atoms with Gasteiger partial charge in [0.2, 0.25) is 0 Å². The number of aliphatic hydroxyl groups is 2. The molecule has 3 aromatic carbocycles. The normalized spacial score (nSPS) is 11.3. The summed E-state index contributed by atoms with van der Waals surface area (Å²) in [6.45, 7) is -0.652. The standard InChI is InChI=1S/C26H25F4NO5/c1-26(13-32,14-33)15-36-23(34)12-35-22-8-7-21(29)25(24(22)30)31-11-18-9-17(5-6-20(18)28)16-3-2-4-19(27)10-16/h2-10,31-33H,11-15H2,1H3. The molecule has 0 radical (unpaired) electrons. The van der Waals surface area contributed by atoms with E-state index in [-0.39, 0.29) is 18.7 Å². The summed E-state index contributed by atoms with van der Waals surface area (Å²) in [4.78, 5) is 11.9. The van der Waals surface area contributed by atoms with Crippen molar-refractivity contribution in [2.75, 3.05) is 31.7 Å². The van der Waals surface area contributed by atoms with Crippen molar-refractivity contribution in [2.45, 2.75) is 13.5 Å². The number of carbonyl (C=O) groups is 1. The smallest absolute Gasteiger partial charge is 0.344 e. The van der Waals surface area contributed by atoms with E-state index in [9.17, 15) is 32.6 Å². The molecule has 0 aromatic heterocycles. The molecule has 0 aliphatic carbocycles. The molecule has 3 aromatic rings. The minimum absolute atomic E-state index is 0.0845. The van der Waals surface area contributed by atoms with Crippen LogP contribution in [-0.2, 0) is 16.1 Å². The van der Waals surface area contributed by atoms with Crippen molar-refractivity contribution >= 4 is 11.7 Å². The Morgan fingerprint density at radius 3 is 2.33 bits per heavy atom. The highest BCUT2D eigenvalue weighted by molar-refractivity contribution is 5.71. The van der Waals surface area contributed by atoms with Gasteiger partial charge < -0.3 is 25.0 Å². The fourth-order valence-corrected chi connectivity index (χ4v) is 3.12. The highest BCUT2D eigenvalue weighted by atomic mass is 19.1. The number of hydrogen-bond donors (Lipinski definition) is 3. The molecule has 6 nitrogen and oxygen atoms in total. The number of esters is 1. The molecule has 0 unspecified atom stereocenters. The number of benzene rings is 3. The van der Waals surface area contributed by atoms with Gasteiger partial charge in [-0.3, -0.25) is 0 Å². The SMILES string of the molecule is CC(CO)(CO)COC(=O)COc1ccc(F)c(NCc2cc(-c3cccc(F)c3)ccc2F)c1F. The molecule has 10 heteroatoms. The van der Waals surface area contributed by atoms with E-state index < -0.39 is 65.9 Å². The van der Waals surface area contributed by atoms with E-state index in [4.69, 9.17) is 9.47 Å². The number of aliphatic hydroxyl groups excluding tert-OH is 2. The average molecular weight is 507 g/mol. The molecule has 0 heterocycles.